The summed E-state index contributed by atoms with van der Waals surface area (Å²) < 4.78 is 0. The van der Waals surface area contributed by atoms with Crippen LogP contribution in [0.1, 0.15) is 31.8 Å². The minimum atomic E-state index is 0.0420. The molecule has 4 N–H and O–H groups in total. The van der Waals surface area contributed by atoms with Crippen molar-refractivity contribution >= 4 is 34.3 Å². The number of benzene rings is 4. The zero-order chi connectivity index (χ0) is 25.9. The summed E-state index contributed by atoms with van der Waals surface area (Å²) in [5, 5.41) is 12.1. The molecule has 4 aromatic rings. The second-order valence-corrected chi connectivity index (χ2v) is 7.97. The second-order valence-electron chi connectivity index (χ2n) is 7.97. The van der Waals surface area contributed by atoms with E-state index in [0.717, 1.165) is 22.7 Å². The van der Waals surface area contributed by atoms with Crippen LogP contribution in [-0.4, -0.2) is 39.8 Å². The van der Waals surface area contributed by atoms with Crippen molar-refractivity contribution < 1.29 is 9.59 Å². The fourth-order valence-electron chi connectivity index (χ4n) is 3.49. The highest BCUT2D eigenvalue weighted by atomic mass is 16.1. The molecule has 0 aliphatic carbocycles. The summed E-state index contributed by atoms with van der Waals surface area (Å²) in [7, 11) is 7.42. The van der Waals surface area contributed by atoms with E-state index in [-0.39, 0.29) is 11.6 Å². The van der Waals surface area contributed by atoms with Gasteiger partial charge in [-0.2, -0.15) is 0 Å². The molecule has 0 radical (unpaired) electrons. The summed E-state index contributed by atoms with van der Waals surface area (Å²) in [6.07, 6.45) is 0. The number of rotatable bonds is 8. The van der Waals surface area contributed by atoms with Crippen LogP contribution >= 0.6 is 0 Å². The molecule has 6 heteroatoms. The van der Waals surface area contributed by atoms with Gasteiger partial charge in [0.25, 0.3) is 0 Å². The maximum Gasteiger partial charge on any atom is 0.193 e. The van der Waals surface area contributed by atoms with Crippen LogP contribution < -0.4 is 21.3 Å². The first-order valence-electron chi connectivity index (χ1n) is 11.7. The molecule has 0 unspecified atom stereocenters. The van der Waals surface area contributed by atoms with E-state index in [1.54, 1.807) is 0 Å². The molecule has 0 atom stereocenters. The number of ketones is 2. The van der Waals surface area contributed by atoms with Gasteiger partial charge in [0.1, 0.15) is 0 Å². The number of hydrogen-bond acceptors (Lipinski definition) is 6. The summed E-state index contributed by atoms with van der Waals surface area (Å²) in [6, 6.07) is 29.9. The normalized spacial score (nSPS) is 9.89. The highest BCUT2D eigenvalue weighted by Gasteiger charge is 2.09. The van der Waals surface area contributed by atoms with Gasteiger partial charge in [0.15, 0.2) is 11.6 Å². The lowest BCUT2D eigenvalue weighted by Crippen LogP contribution is -2.01. The van der Waals surface area contributed by atoms with Gasteiger partial charge in [0.05, 0.1) is 0 Å². The van der Waals surface area contributed by atoms with Gasteiger partial charge in [-0.25, -0.2) is 0 Å². The molecule has 0 bridgehead atoms. The molecule has 0 amide bonds. The summed E-state index contributed by atoms with van der Waals surface area (Å²) in [6.45, 7) is 0. The van der Waals surface area contributed by atoms with Crippen LogP contribution in [0, 0.1) is 0 Å². The number of carbonyl (C=O) groups is 2. The SMILES string of the molecule is CNc1ccc(C(=O)c2ccc(NC)cc2)cc1.CNc1ccc(C(=O)c2ccc(NC)cc2)cc1. The van der Waals surface area contributed by atoms with Crippen molar-refractivity contribution in [2.75, 3.05) is 49.5 Å². The third-order valence-electron chi connectivity index (χ3n) is 5.74. The van der Waals surface area contributed by atoms with Gasteiger partial charge in [-0.15, -0.1) is 0 Å². The highest BCUT2D eigenvalue weighted by Crippen LogP contribution is 2.17. The van der Waals surface area contributed by atoms with E-state index in [2.05, 4.69) is 21.3 Å². The van der Waals surface area contributed by atoms with Crippen LogP contribution in [0.3, 0.4) is 0 Å². The quantitative estimate of drug-likeness (QED) is 0.232. The maximum atomic E-state index is 12.2. The van der Waals surface area contributed by atoms with Crippen LogP contribution in [0.25, 0.3) is 0 Å². The third kappa shape index (κ3) is 6.73. The average molecular weight is 481 g/mol. The summed E-state index contributed by atoms with van der Waals surface area (Å²) >= 11 is 0. The molecule has 0 aliphatic rings. The summed E-state index contributed by atoms with van der Waals surface area (Å²) in [4.78, 5) is 24.4. The smallest absolute Gasteiger partial charge is 0.193 e. The van der Waals surface area contributed by atoms with Crippen molar-refractivity contribution in [3.05, 3.63) is 119 Å². The maximum absolute atomic E-state index is 12.2. The van der Waals surface area contributed by atoms with E-state index in [1.807, 2.05) is 125 Å². The largest absolute Gasteiger partial charge is 0.388 e. The van der Waals surface area contributed by atoms with E-state index in [0.29, 0.717) is 22.3 Å². The van der Waals surface area contributed by atoms with Gasteiger partial charge < -0.3 is 21.3 Å². The summed E-state index contributed by atoms with van der Waals surface area (Å²) in [5.41, 5.74) is 6.79. The second kappa shape index (κ2) is 12.8. The molecular formula is C30H32N4O2. The van der Waals surface area contributed by atoms with E-state index in [4.69, 9.17) is 0 Å². The monoisotopic (exact) mass is 480 g/mol. The van der Waals surface area contributed by atoms with E-state index in [9.17, 15) is 9.59 Å². The Morgan fingerprint density at radius 1 is 0.361 bits per heavy atom. The van der Waals surface area contributed by atoms with Gasteiger partial charge in [-0.05, 0) is 97.1 Å². The van der Waals surface area contributed by atoms with E-state index in [1.165, 1.54) is 0 Å². The first-order valence-corrected chi connectivity index (χ1v) is 11.7. The Labute approximate surface area is 212 Å². The number of hydrogen-bond donors (Lipinski definition) is 4. The van der Waals surface area contributed by atoms with E-state index >= 15 is 0 Å². The standard InChI is InChI=1S/2C15H16N2O/c2*1-16-13-7-3-11(4-8-13)15(18)12-5-9-14(17-2)10-6-12/h2*3-10,16-17H,1-2H3. The Morgan fingerprint density at radius 3 is 0.667 bits per heavy atom. The predicted octanol–water partition coefficient (Wildman–Crippen LogP) is 6.00. The Morgan fingerprint density at radius 2 is 0.528 bits per heavy atom. The average Bonchev–Trinajstić information content (AvgIpc) is 2.97. The lowest BCUT2D eigenvalue weighted by atomic mass is 10.0. The first-order chi connectivity index (χ1) is 17.5. The summed E-state index contributed by atoms with van der Waals surface area (Å²) in [5.74, 6) is 0.0839. The van der Waals surface area contributed by atoms with Crippen LogP contribution in [0.5, 0.6) is 0 Å². The van der Waals surface area contributed by atoms with Gasteiger partial charge in [-0.3, -0.25) is 9.59 Å². The highest BCUT2D eigenvalue weighted by molar-refractivity contribution is 6.09. The number of carbonyl (C=O) groups excluding carboxylic acids is 2. The van der Waals surface area contributed by atoms with E-state index < -0.39 is 0 Å². The minimum Gasteiger partial charge on any atom is -0.388 e. The molecule has 0 fully saturated rings. The molecule has 184 valence electrons. The predicted molar refractivity (Wildman–Crippen MR) is 151 cm³/mol. The molecular weight excluding hydrogens is 448 g/mol. The van der Waals surface area contributed by atoms with Crippen molar-refractivity contribution in [1.82, 2.24) is 0 Å². The molecule has 0 aliphatic heterocycles. The third-order valence-corrected chi connectivity index (χ3v) is 5.74. The van der Waals surface area contributed by atoms with Gasteiger partial charge in [0, 0.05) is 73.2 Å². The molecule has 0 heterocycles. The molecule has 4 rings (SSSR count). The minimum absolute atomic E-state index is 0.0420. The van der Waals surface area contributed by atoms with Crippen molar-refractivity contribution in [2.45, 2.75) is 0 Å². The lowest BCUT2D eigenvalue weighted by molar-refractivity contribution is 0.103. The first kappa shape index (κ1) is 26.0. The van der Waals surface area contributed by atoms with Crippen LogP contribution in [0.2, 0.25) is 0 Å². The van der Waals surface area contributed by atoms with Crippen molar-refractivity contribution in [3.8, 4) is 0 Å². The fraction of sp³-hybridized carbons (Fsp3) is 0.133. The molecule has 0 saturated carbocycles. The number of nitrogens with one attached hydrogen (secondary N) is 4. The molecule has 0 spiro atoms. The zero-order valence-corrected chi connectivity index (χ0v) is 21.1. The van der Waals surface area contributed by atoms with Gasteiger partial charge in [0.2, 0.25) is 0 Å². The fourth-order valence-corrected chi connectivity index (χ4v) is 3.49. The van der Waals surface area contributed by atoms with Crippen LogP contribution in [0.4, 0.5) is 22.7 Å². The molecule has 0 aromatic heterocycles. The van der Waals surface area contributed by atoms with Crippen molar-refractivity contribution in [2.24, 2.45) is 0 Å². The molecule has 36 heavy (non-hydrogen) atoms. The Balaban J connectivity index is 0.000000201. The van der Waals surface area contributed by atoms with Gasteiger partial charge in [-0.1, -0.05) is 0 Å². The topological polar surface area (TPSA) is 82.3 Å². The Kier molecular flexibility index (Phi) is 9.23. The Hall–Kier alpha value is -4.58. The van der Waals surface area contributed by atoms with Crippen molar-refractivity contribution in [3.63, 3.8) is 0 Å². The van der Waals surface area contributed by atoms with Crippen LogP contribution in [-0.2, 0) is 0 Å². The Bertz CT molecular complexity index is 1060. The van der Waals surface area contributed by atoms with Crippen molar-refractivity contribution in [1.29, 1.82) is 0 Å². The van der Waals surface area contributed by atoms with Gasteiger partial charge >= 0.3 is 0 Å². The molecule has 6 nitrogen and oxygen atoms in total. The lowest BCUT2D eigenvalue weighted by Gasteiger charge is -2.05. The number of anilines is 4. The molecule has 0 saturated heterocycles. The van der Waals surface area contributed by atoms with Crippen LogP contribution in [0.15, 0.2) is 97.1 Å². The molecule has 4 aromatic carbocycles. The zero-order valence-electron chi connectivity index (χ0n) is 21.1.